The molecule has 0 atom stereocenters. The predicted octanol–water partition coefficient (Wildman–Crippen LogP) is 4.12. The fraction of sp³-hybridized carbons (Fsp3) is 0.640. The zero-order valence-electron chi connectivity index (χ0n) is 19.6. The van der Waals surface area contributed by atoms with Crippen LogP contribution in [0.4, 0.5) is 0 Å². The second-order valence-electron chi connectivity index (χ2n) is 8.72. The molecule has 1 aromatic heterocycles. The molecule has 0 unspecified atom stereocenters. The van der Waals surface area contributed by atoms with Crippen molar-refractivity contribution in [2.24, 2.45) is 5.92 Å². The van der Waals surface area contributed by atoms with E-state index >= 15 is 0 Å². The van der Waals surface area contributed by atoms with Gasteiger partial charge in [-0.3, -0.25) is 9.80 Å². The fourth-order valence-electron chi connectivity index (χ4n) is 4.42. The van der Waals surface area contributed by atoms with Crippen LogP contribution in [0.5, 0.6) is 5.75 Å². The number of unbranched alkanes of at least 4 members (excludes halogenated alkanes) is 1. The number of aromatic amines is 1. The van der Waals surface area contributed by atoms with Gasteiger partial charge in [0.15, 0.2) is 0 Å². The lowest BCUT2D eigenvalue weighted by Gasteiger charge is -2.35. The van der Waals surface area contributed by atoms with Crippen LogP contribution in [-0.4, -0.2) is 66.8 Å². The van der Waals surface area contributed by atoms with Crippen LogP contribution in [-0.2, 0) is 24.2 Å². The quantitative estimate of drug-likeness (QED) is 0.520. The molecule has 1 saturated heterocycles. The number of likely N-dealkylation sites (tertiary alicyclic amines) is 1. The van der Waals surface area contributed by atoms with Crippen LogP contribution in [0.3, 0.4) is 0 Å². The first-order valence-electron chi connectivity index (χ1n) is 11.8. The summed E-state index contributed by atoms with van der Waals surface area (Å²) in [5.41, 5.74) is 2.50. The minimum atomic E-state index is 0.730. The first-order valence-corrected chi connectivity index (χ1v) is 11.8. The van der Waals surface area contributed by atoms with Gasteiger partial charge in [-0.2, -0.15) is 0 Å². The van der Waals surface area contributed by atoms with Gasteiger partial charge in [0.2, 0.25) is 0 Å². The van der Waals surface area contributed by atoms with E-state index in [2.05, 4.69) is 44.9 Å². The van der Waals surface area contributed by atoms with Gasteiger partial charge in [-0.05, 0) is 44.3 Å². The highest BCUT2D eigenvalue weighted by Crippen LogP contribution is 2.24. The SMILES string of the molecule is CCCCc1ncc(CN(CCOC)CC2CCN(Cc3ccccc3OC)CC2)[nH]1. The van der Waals surface area contributed by atoms with Crippen LogP contribution in [0.1, 0.15) is 49.7 Å². The number of piperidine rings is 1. The number of methoxy groups -OCH3 is 2. The second-order valence-corrected chi connectivity index (χ2v) is 8.72. The summed E-state index contributed by atoms with van der Waals surface area (Å²) in [4.78, 5) is 13.2. The summed E-state index contributed by atoms with van der Waals surface area (Å²) in [6.07, 6.45) is 7.92. The Bertz CT molecular complexity index is 755. The van der Waals surface area contributed by atoms with Gasteiger partial charge in [0.05, 0.1) is 13.7 Å². The van der Waals surface area contributed by atoms with E-state index < -0.39 is 0 Å². The molecule has 0 amide bonds. The summed E-state index contributed by atoms with van der Waals surface area (Å²) in [5.74, 6) is 2.84. The van der Waals surface area contributed by atoms with E-state index in [0.29, 0.717) is 0 Å². The molecule has 1 aliphatic heterocycles. The van der Waals surface area contributed by atoms with Crippen molar-refractivity contribution in [3.05, 3.63) is 47.5 Å². The summed E-state index contributed by atoms with van der Waals surface area (Å²) in [6, 6.07) is 8.37. The molecule has 0 aliphatic carbocycles. The number of imidazole rings is 1. The highest BCUT2D eigenvalue weighted by atomic mass is 16.5. The third kappa shape index (κ3) is 7.63. The molecule has 2 aromatic rings. The lowest BCUT2D eigenvalue weighted by Crippen LogP contribution is -2.39. The maximum atomic E-state index is 5.52. The number of nitrogens with one attached hydrogen (secondary N) is 1. The molecule has 1 aliphatic rings. The van der Waals surface area contributed by atoms with Gasteiger partial charge in [0.1, 0.15) is 11.6 Å². The molecule has 6 heteroatoms. The Morgan fingerprint density at radius 1 is 1.19 bits per heavy atom. The number of H-pyrrole nitrogens is 1. The Kier molecular flexibility index (Phi) is 9.85. The number of ether oxygens (including phenoxy) is 2. The molecule has 3 rings (SSSR count). The number of hydrogen-bond donors (Lipinski definition) is 1. The number of nitrogens with zero attached hydrogens (tertiary/aromatic N) is 3. The number of hydrogen-bond acceptors (Lipinski definition) is 5. The molecule has 172 valence electrons. The number of benzene rings is 1. The van der Waals surface area contributed by atoms with Gasteiger partial charge in [-0.25, -0.2) is 4.98 Å². The average molecular weight is 429 g/mol. The predicted molar refractivity (Wildman–Crippen MR) is 125 cm³/mol. The van der Waals surface area contributed by atoms with Crippen molar-refractivity contribution in [1.29, 1.82) is 0 Å². The first kappa shape index (κ1) is 23.8. The molecular formula is C25H40N4O2. The zero-order valence-corrected chi connectivity index (χ0v) is 19.6. The Labute approximate surface area is 187 Å². The van der Waals surface area contributed by atoms with Crippen LogP contribution >= 0.6 is 0 Å². The van der Waals surface area contributed by atoms with Crippen LogP contribution in [0, 0.1) is 5.92 Å². The normalized spacial score (nSPS) is 15.6. The highest BCUT2D eigenvalue weighted by Gasteiger charge is 2.22. The monoisotopic (exact) mass is 428 g/mol. The Hall–Kier alpha value is -1.89. The van der Waals surface area contributed by atoms with Gasteiger partial charge in [0.25, 0.3) is 0 Å². The molecule has 31 heavy (non-hydrogen) atoms. The maximum Gasteiger partial charge on any atom is 0.123 e. The van der Waals surface area contributed by atoms with Crippen LogP contribution in [0.2, 0.25) is 0 Å². The van der Waals surface area contributed by atoms with Gasteiger partial charge < -0.3 is 14.5 Å². The molecule has 0 bridgehead atoms. The minimum absolute atomic E-state index is 0.730. The standard InChI is InChI=1S/C25H40N4O2/c1-4-5-10-25-26-17-23(27-25)20-29(15-16-30-2)18-21-11-13-28(14-12-21)19-22-8-6-7-9-24(22)31-3/h6-9,17,21H,4-5,10-16,18-20H2,1-3H3,(H,26,27). The van der Waals surface area contributed by atoms with Crippen molar-refractivity contribution < 1.29 is 9.47 Å². The fourth-order valence-corrected chi connectivity index (χ4v) is 4.42. The van der Waals surface area contributed by atoms with E-state index in [1.165, 1.54) is 36.9 Å². The first-order chi connectivity index (χ1) is 15.2. The number of aryl methyl sites for hydroxylation is 1. The van der Waals surface area contributed by atoms with E-state index in [0.717, 1.165) is 69.8 Å². The van der Waals surface area contributed by atoms with Crippen molar-refractivity contribution >= 4 is 0 Å². The summed E-state index contributed by atoms with van der Waals surface area (Å²) in [5, 5.41) is 0. The number of rotatable bonds is 13. The second kappa shape index (κ2) is 12.8. The third-order valence-electron chi connectivity index (χ3n) is 6.26. The topological polar surface area (TPSA) is 53.6 Å². The van der Waals surface area contributed by atoms with Crippen LogP contribution in [0.15, 0.2) is 30.5 Å². The lowest BCUT2D eigenvalue weighted by molar-refractivity contribution is 0.105. The van der Waals surface area contributed by atoms with E-state index in [1.54, 1.807) is 14.2 Å². The maximum absolute atomic E-state index is 5.52. The van der Waals surface area contributed by atoms with Crippen LogP contribution in [0.25, 0.3) is 0 Å². The van der Waals surface area contributed by atoms with Crippen LogP contribution < -0.4 is 4.74 Å². The Morgan fingerprint density at radius 2 is 2.00 bits per heavy atom. The molecule has 0 radical (unpaired) electrons. The highest BCUT2D eigenvalue weighted by molar-refractivity contribution is 5.33. The largest absolute Gasteiger partial charge is 0.496 e. The zero-order chi connectivity index (χ0) is 21.9. The average Bonchev–Trinajstić information content (AvgIpc) is 3.25. The molecule has 2 heterocycles. The van der Waals surface area contributed by atoms with E-state index in [4.69, 9.17) is 9.47 Å². The lowest BCUT2D eigenvalue weighted by atomic mass is 9.95. The summed E-state index contributed by atoms with van der Waals surface area (Å²) >= 11 is 0. The van der Waals surface area contributed by atoms with E-state index in [9.17, 15) is 0 Å². The van der Waals surface area contributed by atoms with Crippen molar-refractivity contribution in [2.75, 3.05) is 47.0 Å². The summed E-state index contributed by atoms with van der Waals surface area (Å²) in [6.45, 7) is 9.25. The molecular weight excluding hydrogens is 388 g/mol. The molecule has 1 N–H and O–H groups in total. The minimum Gasteiger partial charge on any atom is -0.496 e. The van der Waals surface area contributed by atoms with Gasteiger partial charge in [0, 0.05) is 57.2 Å². The van der Waals surface area contributed by atoms with Crippen molar-refractivity contribution in [3.63, 3.8) is 0 Å². The van der Waals surface area contributed by atoms with Gasteiger partial charge in [-0.15, -0.1) is 0 Å². The van der Waals surface area contributed by atoms with Crippen molar-refractivity contribution in [1.82, 2.24) is 19.8 Å². The molecule has 0 spiro atoms. The van der Waals surface area contributed by atoms with Crippen molar-refractivity contribution in [3.8, 4) is 5.75 Å². The summed E-state index contributed by atoms with van der Waals surface area (Å²) in [7, 11) is 3.54. The third-order valence-corrected chi connectivity index (χ3v) is 6.26. The molecule has 1 aromatic carbocycles. The molecule has 6 nitrogen and oxygen atoms in total. The molecule has 0 saturated carbocycles. The van der Waals surface area contributed by atoms with Gasteiger partial charge in [-0.1, -0.05) is 31.5 Å². The smallest absolute Gasteiger partial charge is 0.123 e. The Morgan fingerprint density at radius 3 is 2.74 bits per heavy atom. The van der Waals surface area contributed by atoms with Crippen molar-refractivity contribution in [2.45, 2.75) is 52.1 Å². The van der Waals surface area contributed by atoms with Gasteiger partial charge >= 0.3 is 0 Å². The number of aromatic nitrogens is 2. The molecule has 1 fully saturated rings. The van der Waals surface area contributed by atoms with E-state index in [-0.39, 0.29) is 0 Å². The van der Waals surface area contributed by atoms with E-state index in [1.807, 2.05) is 12.3 Å². The summed E-state index contributed by atoms with van der Waals surface area (Å²) < 4.78 is 10.9. The number of para-hydroxylation sites is 1. The Balaban J connectivity index is 1.49.